The Balaban J connectivity index is 1.91. The van der Waals surface area contributed by atoms with E-state index in [-0.39, 0.29) is 26.9 Å². The van der Waals surface area contributed by atoms with E-state index in [9.17, 15) is 22.7 Å². The molecule has 8 heteroatoms. The van der Waals surface area contributed by atoms with Crippen molar-refractivity contribution in [2.24, 2.45) is 0 Å². The Labute approximate surface area is 148 Å². The minimum Gasteiger partial charge on any atom is -0.508 e. The molecule has 0 aliphatic heterocycles. The summed E-state index contributed by atoms with van der Waals surface area (Å²) < 4.78 is 38.9. The predicted molar refractivity (Wildman–Crippen MR) is 92.1 cm³/mol. The van der Waals surface area contributed by atoms with Gasteiger partial charge in [0.05, 0.1) is 10.6 Å². The number of carbonyl (C=O) groups excluding carboxylic acids is 1. The molecule has 2 aromatic carbocycles. The van der Waals surface area contributed by atoms with E-state index in [0.717, 1.165) is 6.07 Å². The molecule has 0 radical (unpaired) electrons. The topological polar surface area (TPSA) is 96.4 Å². The molecule has 0 saturated heterocycles. The van der Waals surface area contributed by atoms with Crippen LogP contribution in [0.2, 0.25) is 0 Å². The number of nitrogens with zero attached hydrogens (tertiary/aromatic N) is 1. The van der Waals surface area contributed by atoms with E-state index in [4.69, 9.17) is 0 Å². The van der Waals surface area contributed by atoms with Crippen LogP contribution in [0.25, 0.3) is 0 Å². The van der Waals surface area contributed by atoms with Gasteiger partial charge in [0.1, 0.15) is 11.6 Å². The van der Waals surface area contributed by atoms with Crippen molar-refractivity contribution < 1.29 is 22.7 Å². The Morgan fingerprint density at radius 1 is 1.04 bits per heavy atom. The van der Waals surface area contributed by atoms with Crippen LogP contribution in [0.1, 0.15) is 10.4 Å². The molecule has 0 spiro atoms. The molecule has 3 rings (SSSR count). The molecular weight excluding hydrogens is 359 g/mol. The lowest BCUT2D eigenvalue weighted by Gasteiger charge is -2.08. The summed E-state index contributed by atoms with van der Waals surface area (Å²) in [6.07, 6.45) is 1.36. The van der Waals surface area contributed by atoms with Crippen molar-refractivity contribution in [2.75, 3.05) is 5.32 Å². The van der Waals surface area contributed by atoms with E-state index in [1.807, 2.05) is 0 Å². The van der Waals surface area contributed by atoms with E-state index in [0.29, 0.717) is 0 Å². The van der Waals surface area contributed by atoms with E-state index in [2.05, 4.69) is 10.3 Å². The van der Waals surface area contributed by atoms with Crippen LogP contribution >= 0.6 is 0 Å². The first kappa shape index (κ1) is 17.6. The second-order valence-corrected chi connectivity index (χ2v) is 7.21. The summed E-state index contributed by atoms with van der Waals surface area (Å²) in [5, 5.41) is 11.4. The summed E-state index contributed by atoms with van der Waals surface area (Å²) >= 11 is 0. The first-order valence-corrected chi connectivity index (χ1v) is 8.92. The Morgan fingerprint density at radius 3 is 2.54 bits per heavy atom. The van der Waals surface area contributed by atoms with Crippen LogP contribution in [0, 0.1) is 5.82 Å². The number of phenolic OH excluding ortho intramolecular Hbond substituents is 1. The van der Waals surface area contributed by atoms with Gasteiger partial charge in [-0.2, -0.15) is 0 Å². The van der Waals surface area contributed by atoms with Gasteiger partial charge in [-0.15, -0.1) is 0 Å². The molecule has 0 bridgehead atoms. The number of benzene rings is 2. The van der Waals surface area contributed by atoms with Crippen molar-refractivity contribution in [3.8, 4) is 5.75 Å². The van der Waals surface area contributed by atoms with E-state index < -0.39 is 21.6 Å². The van der Waals surface area contributed by atoms with Crippen molar-refractivity contribution in [2.45, 2.75) is 9.92 Å². The summed E-state index contributed by atoms with van der Waals surface area (Å²) in [5.41, 5.74) is -0.0970. The van der Waals surface area contributed by atoms with Crippen LogP contribution in [-0.4, -0.2) is 24.4 Å². The SMILES string of the molecule is O=C(Nc1ccc(O)cc1F)c1cccc(S(=O)(=O)c2ccccn2)c1. The van der Waals surface area contributed by atoms with Gasteiger partial charge in [-0.3, -0.25) is 4.79 Å². The highest BCUT2D eigenvalue weighted by Gasteiger charge is 2.20. The highest BCUT2D eigenvalue weighted by atomic mass is 32.2. The predicted octanol–water partition coefficient (Wildman–Crippen LogP) is 3.01. The zero-order valence-corrected chi connectivity index (χ0v) is 14.1. The summed E-state index contributed by atoms with van der Waals surface area (Å²) in [6, 6.07) is 13.1. The molecule has 0 aliphatic rings. The molecule has 0 unspecified atom stereocenters. The molecule has 2 N–H and O–H groups in total. The molecule has 1 aromatic heterocycles. The van der Waals surface area contributed by atoms with Crippen molar-refractivity contribution in [1.82, 2.24) is 4.98 Å². The molecule has 1 heterocycles. The zero-order chi connectivity index (χ0) is 18.7. The third kappa shape index (κ3) is 3.55. The van der Waals surface area contributed by atoms with Gasteiger partial charge < -0.3 is 10.4 Å². The molecular formula is C18H13FN2O4S. The molecule has 0 fully saturated rings. The normalized spacial score (nSPS) is 11.1. The standard InChI is InChI=1S/C18H13FN2O4S/c19-15-11-13(22)7-8-16(15)21-18(23)12-4-3-5-14(10-12)26(24,25)17-6-1-2-9-20-17/h1-11,22H,(H,21,23). The Hall–Kier alpha value is -3.26. The molecule has 26 heavy (non-hydrogen) atoms. The fourth-order valence-corrected chi connectivity index (χ4v) is 3.47. The van der Waals surface area contributed by atoms with Crippen LogP contribution in [0.4, 0.5) is 10.1 Å². The first-order valence-electron chi connectivity index (χ1n) is 7.44. The van der Waals surface area contributed by atoms with Crippen LogP contribution in [-0.2, 0) is 9.84 Å². The van der Waals surface area contributed by atoms with Gasteiger partial charge in [0.15, 0.2) is 5.03 Å². The number of pyridine rings is 1. The quantitative estimate of drug-likeness (QED) is 0.686. The molecule has 0 aliphatic carbocycles. The number of phenols is 1. The van der Waals surface area contributed by atoms with Gasteiger partial charge >= 0.3 is 0 Å². The number of hydrogen-bond donors (Lipinski definition) is 2. The number of aromatic nitrogens is 1. The van der Waals surface area contributed by atoms with Crippen molar-refractivity contribution in [3.05, 3.63) is 78.2 Å². The monoisotopic (exact) mass is 372 g/mol. The van der Waals surface area contributed by atoms with Gasteiger partial charge in [0.2, 0.25) is 9.84 Å². The maximum absolute atomic E-state index is 13.7. The minimum atomic E-state index is -3.88. The summed E-state index contributed by atoms with van der Waals surface area (Å²) in [7, 11) is -3.88. The van der Waals surface area contributed by atoms with Gasteiger partial charge in [0, 0.05) is 17.8 Å². The van der Waals surface area contributed by atoms with Crippen LogP contribution in [0.5, 0.6) is 5.75 Å². The number of carbonyl (C=O) groups is 1. The van der Waals surface area contributed by atoms with E-state index >= 15 is 0 Å². The Bertz CT molecular complexity index is 1070. The van der Waals surface area contributed by atoms with Crippen molar-refractivity contribution in [1.29, 1.82) is 0 Å². The smallest absolute Gasteiger partial charge is 0.255 e. The number of sulfone groups is 1. The molecule has 0 saturated carbocycles. The number of amides is 1. The average molecular weight is 372 g/mol. The number of hydrogen-bond acceptors (Lipinski definition) is 5. The fraction of sp³-hybridized carbons (Fsp3) is 0. The Kier molecular flexibility index (Phi) is 4.68. The lowest BCUT2D eigenvalue weighted by Crippen LogP contribution is -2.14. The van der Waals surface area contributed by atoms with Gasteiger partial charge in [-0.25, -0.2) is 17.8 Å². The minimum absolute atomic E-state index is 0.0366. The average Bonchev–Trinajstić information content (AvgIpc) is 2.65. The van der Waals surface area contributed by atoms with E-state index in [1.165, 1.54) is 48.7 Å². The molecule has 1 amide bonds. The summed E-state index contributed by atoms with van der Waals surface area (Å²) in [5.74, 6) is -1.77. The van der Waals surface area contributed by atoms with E-state index in [1.54, 1.807) is 12.1 Å². The second-order valence-electron chi connectivity index (χ2n) is 5.32. The summed E-state index contributed by atoms with van der Waals surface area (Å²) in [6.45, 7) is 0. The van der Waals surface area contributed by atoms with Gasteiger partial charge in [0.25, 0.3) is 5.91 Å². The van der Waals surface area contributed by atoms with Gasteiger partial charge in [-0.05, 0) is 42.5 Å². The third-order valence-corrected chi connectivity index (χ3v) is 5.19. The number of anilines is 1. The summed E-state index contributed by atoms with van der Waals surface area (Å²) in [4.78, 5) is 16.0. The van der Waals surface area contributed by atoms with Crippen molar-refractivity contribution in [3.63, 3.8) is 0 Å². The van der Waals surface area contributed by atoms with Crippen LogP contribution in [0.3, 0.4) is 0 Å². The fourth-order valence-electron chi connectivity index (χ4n) is 2.23. The number of aromatic hydroxyl groups is 1. The number of nitrogens with one attached hydrogen (secondary N) is 1. The van der Waals surface area contributed by atoms with Crippen molar-refractivity contribution >= 4 is 21.4 Å². The zero-order valence-electron chi connectivity index (χ0n) is 13.3. The second kappa shape index (κ2) is 6.93. The van der Waals surface area contributed by atoms with Gasteiger partial charge in [-0.1, -0.05) is 12.1 Å². The third-order valence-electron chi connectivity index (χ3n) is 3.52. The number of halogens is 1. The maximum Gasteiger partial charge on any atom is 0.255 e. The van der Waals surface area contributed by atoms with Crippen LogP contribution in [0.15, 0.2) is 76.8 Å². The molecule has 0 atom stereocenters. The maximum atomic E-state index is 13.7. The first-order chi connectivity index (χ1) is 12.4. The lowest BCUT2D eigenvalue weighted by atomic mass is 10.2. The molecule has 6 nitrogen and oxygen atoms in total. The molecule has 3 aromatic rings. The van der Waals surface area contributed by atoms with Crippen LogP contribution < -0.4 is 5.32 Å². The highest BCUT2D eigenvalue weighted by molar-refractivity contribution is 7.91. The number of rotatable bonds is 4. The highest BCUT2D eigenvalue weighted by Crippen LogP contribution is 2.22. The Morgan fingerprint density at radius 2 is 1.85 bits per heavy atom. The lowest BCUT2D eigenvalue weighted by molar-refractivity contribution is 0.102. The molecule has 132 valence electrons. The largest absolute Gasteiger partial charge is 0.508 e.